The van der Waals surface area contributed by atoms with E-state index in [1.807, 2.05) is 14.0 Å². The third kappa shape index (κ3) is 13.2. The van der Waals surface area contributed by atoms with Crippen LogP contribution in [-0.2, 0) is 0 Å². The van der Waals surface area contributed by atoms with Gasteiger partial charge in [0, 0.05) is 14.6 Å². The van der Waals surface area contributed by atoms with E-state index in [0.717, 1.165) is 12.7 Å². The first-order valence-corrected chi connectivity index (χ1v) is 11.9. The summed E-state index contributed by atoms with van der Waals surface area (Å²) in [6.45, 7) is 12.0. The quantitative estimate of drug-likeness (QED) is 0.339. The van der Waals surface area contributed by atoms with Crippen LogP contribution in [0.5, 0.6) is 5.75 Å². The van der Waals surface area contributed by atoms with Crippen LogP contribution in [0.4, 0.5) is 4.39 Å². The zero-order valence-electron chi connectivity index (χ0n) is 20.7. The maximum absolute atomic E-state index is 13.5. The Hall–Kier alpha value is -1.13. The lowest BCUT2D eigenvalue weighted by atomic mass is 9.84. The molecule has 1 fully saturated rings. The fourth-order valence-corrected chi connectivity index (χ4v) is 2.94. The van der Waals surface area contributed by atoms with E-state index in [1.54, 1.807) is 12.1 Å². The van der Waals surface area contributed by atoms with Crippen molar-refractivity contribution >= 4 is 0 Å². The van der Waals surface area contributed by atoms with Crippen LogP contribution in [0.1, 0.15) is 105 Å². The highest BCUT2D eigenvalue weighted by Gasteiger charge is 2.22. The summed E-state index contributed by atoms with van der Waals surface area (Å²) < 4.78 is 19.0. The van der Waals surface area contributed by atoms with Gasteiger partial charge in [0.1, 0.15) is 0 Å². The molecule has 1 aromatic carbocycles. The summed E-state index contributed by atoms with van der Waals surface area (Å²) in [5.41, 5.74) is 1.64. The summed E-state index contributed by atoms with van der Waals surface area (Å²) >= 11 is 0. The minimum absolute atomic E-state index is 0. The first-order valence-electron chi connectivity index (χ1n) is 11.9. The van der Waals surface area contributed by atoms with Gasteiger partial charge in [-0.1, -0.05) is 72.3 Å². The van der Waals surface area contributed by atoms with Crippen molar-refractivity contribution in [3.8, 4) is 5.75 Å². The third-order valence-electron chi connectivity index (χ3n) is 5.97. The number of aliphatic hydroxyl groups excluding tert-OH is 1. The molecule has 0 unspecified atom stereocenters. The van der Waals surface area contributed by atoms with Crippen molar-refractivity contribution in [2.45, 2.75) is 98.4 Å². The Balaban J connectivity index is 0. The molecule has 178 valence electrons. The van der Waals surface area contributed by atoms with Crippen LogP contribution in [0.3, 0.4) is 0 Å². The Morgan fingerprint density at radius 1 is 1.17 bits per heavy atom. The van der Waals surface area contributed by atoms with Crippen LogP contribution in [-0.4, -0.2) is 25.9 Å². The molecule has 4 heteroatoms. The number of unbranched alkanes of at least 4 members (excludes halogenated alkanes) is 4. The van der Waals surface area contributed by atoms with Crippen molar-refractivity contribution in [3.05, 3.63) is 29.6 Å². The minimum atomic E-state index is -0.271. The van der Waals surface area contributed by atoms with Gasteiger partial charge in [0.15, 0.2) is 11.6 Å². The number of nitrogens with one attached hydrogen (secondary N) is 1. The largest absolute Gasteiger partial charge is 0.490 e. The highest BCUT2D eigenvalue weighted by atomic mass is 19.1. The normalized spacial score (nSPS) is 14.2. The van der Waals surface area contributed by atoms with Crippen LogP contribution in [0, 0.1) is 17.2 Å². The Morgan fingerprint density at radius 2 is 1.80 bits per heavy atom. The minimum Gasteiger partial charge on any atom is -0.490 e. The van der Waals surface area contributed by atoms with E-state index >= 15 is 0 Å². The zero-order valence-corrected chi connectivity index (χ0v) is 20.7. The van der Waals surface area contributed by atoms with Gasteiger partial charge in [-0.3, -0.25) is 0 Å². The Bertz CT molecular complexity index is 550. The number of ether oxygens (including phenoxy) is 1. The Morgan fingerprint density at radius 3 is 2.33 bits per heavy atom. The number of benzene rings is 1. The number of rotatable bonds is 12. The molecule has 1 atom stereocenters. The molecule has 0 bridgehead atoms. The Labute approximate surface area is 187 Å². The van der Waals surface area contributed by atoms with E-state index in [-0.39, 0.29) is 13.3 Å². The van der Waals surface area contributed by atoms with E-state index in [0.29, 0.717) is 23.7 Å². The highest BCUT2D eigenvalue weighted by molar-refractivity contribution is 5.32. The molecule has 1 saturated carbocycles. The molecule has 0 amide bonds. The van der Waals surface area contributed by atoms with Gasteiger partial charge in [0.2, 0.25) is 0 Å². The van der Waals surface area contributed by atoms with E-state index < -0.39 is 0 Å². The van der Waals surface area contributed by atoms with Gasteiger partial charge < -0.3 is 15.2 Å². The van der Waals surface area contributed by atoms with Crippen molar-refractivity contribution in [3.63, 3.8) is 0 Å². The lowest BCUT2D eigenvalue weighted by molar-refractivity contribution is 0.285. The van der Waals surface area contributed by atoms with Crippen LogP contribution in [0.15, 0.2) is 18.2 Å². The van der Waals surface area contributed by atoms with Gasteiger partial charge in [-0.15, -0.1) is 0 Å². The summed E-state index contributed by atoms with van der Waals surface area (Å²) in [7, 11) is 2.89. The second kappa shape index (κ2) is 16.5. The molecule has 3 nitrogen and oxygen atoms in total. The maximum Gasteiger partial charge on any atom is 0.165 e. The van der Waals surface area contributed by atoms with Gasteiger partial charge in [-0.2, -0.15) is 0 Å². The molecule has 1 aliphatic rings. The summed E-state index contributed by atoms with van der Waals surface area (Å²) in [5.74, 6) is 0.754. The van der Waals surface area contributed by atoms with E-state index in [4.69, 9.17) is 9.84 Å². The molecule has 30 heavy (non-hydrogen) atoms. The molecule has 0 heterocycles. The third-order valence-corrected chi connectivity index (χ3v) is 5.97. The van der Waals surface area contributed by atoms with Gasteiger partial charge in [-0.05, 0) is 62.3 Å². The topological polar surface area (TPSA) is 41.5 Å². The summed E-state index contributed by atoms with van der Waals surface area (Å²) in [5, 5.41) is 10.1. The summed E-state index contributed by atoms with van der Waals surface area (Å²) in [6.07, 6.45) is 12.3. The SMILES string of the molecule is CCCCCCCC(C)(C)CC.CN[C@H](C)c1ccc(F)c(OCC2CC2)c1.CO.[HH]. The van der Waals surface area contributed by atoms with Crippen molar-refractivity contribution < 1.29 is 15.7 Å². The number of hydrogen-bond acceptors (Lipinski definition) is 3. The summed E-state index contributed by atoms with van der Waals surface area (Å²) in [6, 6.07) is 5.27. The highest BCUT2D eigenvalue weighted by Crippen LogP contribution is 2.31. The molecule has 0 radical (unpaired) electrons. The number of hydrogen-bond donors (Lipinski definition) is 2. The Kier molecular flexibility index (Phi) is 15.9. The van der Waals surface area contributed by atoms with E-state index in [9.17, 15) is 4.39 Å². The van der Waals surface area contributed by atoms with E-state index in [2.05, 4.69) is 33.0 Å². The average Bonchev–Trinajstić information content (AvgIpc) is 3.59. The second-order valence-corrected chi connectivity index (χ2v) is 9.14. The first-order chi connectivity index (χ1) is 14.3. The lowest BCUT2D eigenvalue weighted by Crippen LogP contribution is -2.12. The molecule has 2 N–H and O–H groups in total. The average molecular weight is 428 g/mol. The van der Waals surface area contributed by atoms with Gasteiger partial charge in [0.05, 0.1) is 6.61 Å². The fraction of sp³-hybridized carbons (Fsp3) is 0.769. The number of aliphatic hydroxyl groups is 1. The van der Waals surface area contributed by atoms with Gasteiger partial charge >= 0.3 is 0 Å². The molecule has 2 rings (SSSR count). The first kappa shape index (κ1) is 28.9. The molecule has 1 aliphatic carbocycles. The van der Waals surface area contributed by atoms with Gasteiger partial charge in [0.25, 0.3) is 0 Å². The predicted octanol–water partition coefficient (Wildman–Crippen LogP) is 7.53. The summed E-state index contributed by atoms with van der Waals surface area (Å²) in [4.78, 5) is 0. The van der Waals surface area contributed by atoms with Crippen LogP contribution in [0.25, 0.3) is 0 Å². The molecule has 0 aromatic heterocycles. The molecule has 0 saturated heterocycles. The van der Waals surface area contributed by atoms with Crippen molar-refractivity contribution in [1.29, 1.82) is 0 Å². The smallest absolute Gasteiger partial charge is 0.165 e. The molecular weight excluding hydrogens is 377 g/mol. The van der Waals surface area contributed by atoms with Crippen LogP contribution in [0.2, 0.25) is 0 Å². The number of halogens is 1. The van der Waals surface area contributed by atoms with Crippen LogP contribution < -0.4 is 10.1 Å². The van der Waals surface area contributed by atoms with Crippen LogP contribution >= 0.6 is 0 Å². The maximum atomic E-state index is 13.5. The molecule has 1 aromatic rings. The second-order valence-electron chi connectivity index (χ2n) is 9.14. The molecular formula is C26H50FNO2. The molecule has 0 aliphatic heterocycles. The fourth-order valence-electron chi connectivity index (χ4n) is 2.94. The van der Waals surface area contributed by atoms with Gasteiger partial charge in [-0.25, -0.2) is 4.39 Å². The van der Waals surface area contributed by atoms with Crippen molar-refractivity contribution in [1.82, 2.24) is 5.32 Å². The monoisotopic (exact) mass is 427 g/mol. The lowest BCUT2D eigenvalue weighted by Gasteiger charge is -2.22. The van der Waals surface area contributed by atoms with E-state index in [1.165, 1.54) is 63.9 Å². The predicted molar refractivity (Wildman–Crippen MR) is 130 cm³/mol. The standard InChI is InChI=1S/C13H18FNO.C12H26.CH4O.H2/c1-9(15-2)11-5-6-12(14)13(7-11)16-8-10-3-4-10;1-5-7-8-9-10-11-12(3,4)6-2;1-2;/h5-7,9-10,15H,3-4,8H2,1-2H3;5-11H2,1-4H3;2H,1H3;1H/t9-;;;/m1.../s1. The van der Waals surface area contributed by atoms with Crippen molar-refractivity contribution in [2.75, 3.05) is 20.8 Å². The molecule has 0 spiro atoms. The van der Waals surface area contributed by atoms with Crippen molar-refractivity contribution in [2.24, 2.45) is 11.3 Å². The zero-order chi connectivity index (χ0) is 23.0.